The van der Waals surface area contributed by atoms with Gasteiger partial charge in [-0.2, -0.15) is 0 Å². The van der Waals surface area contributed by atoms with Crippen molar-refractivity contribution in [3.05, 3.63) is 70.3 Å². The number of hydrogen-bond acceptors (Lipinski definition) is 2. The van der Waals surface area contributed by atoms with Crippen LogP contribution in [0.25, 0.3) is 5.65 Å². The Morgan fingerprint density at radius 1 is 1.11 bits per heavy atom. The summed E-state index contributed by atoms with van der Waals surface area (Å²) in [6.45, 7) is 2.54. The number of fused-ring (bicyclic) bond motifs is 1. The van der Waals surface area contributed by atoms with Gasteiger partial charge in [0.25, 0.3) is 0 Å². The second-order valence-corrected chi connectivity index (χ2v) is 4.35. The molecule has 2 heterocycles. The second-order valence-electron chi connectivity index (χ2n) is 4.35. The van der Waals surface area contributed by atoms with Crippen molar-refractivity contribution in [3.63, 3.8) is 0 Å². The zero-order valence-corrected chi connectivity index (χ0v) is 10.1. The van der Waals surface area contributed by atoms with Crippen LogP contribution in [0.15, 0.2) is 53.5 Å². The van der Waals surface area contributed by atoms with Crippen molar-refractivity contribution >= 4 is 5.65 Å². The molecule has 1 aromatic carbocycles. The lowest BCUT2D eigenvalue weighted by atomic mass is 10.1. The van der Waals surface area contributed by atoms with Gasteiger partial charge in [-0.15, -0.1) is 5.10 Å². The smallest absolute Gasteiger partial charge is 0.250 e. The van der Waals surface area contributed by atoms with Crippen molar-refractivity contribution in [3.8, 4) is 0 Å². The SMILES string of the molecule is Cc1ccc(Cn2nc3ccccn3c2=O)cc1. The Balaban J connectivity index is 2.02. The van der Waals surface area contributed by atoms with Crippen LogP contribution < -0.4 is 5.69 Å². The van der Waals surface area contributed by atoms with Crippen molar-refractivity contribution in [2.45, 2.75) is 13.5 Å². The van der Waals surface area contributed by atoms with Gasteiger partial charge in [0.2, 0.25) is 0 Å². The predicted octanol–water partition coefficient (Wildman–Crippen LogP) is 1.85. The van der Waals surface area contributed by atoms with Crippen molar-refractivity contribution < 1.29 is 0 Å². The van der Waals surface area contributed by atoms with E-state index >= 15 is 0 Å². The lowest BCUT2D eigenvalue weighted by molar-refractivity contribution is 0.658. The highest BCUT2D eigenvalue weighted by Gasteiger charge is 2.05. The highest BCUT2D eigenvalue weighted by atomic mass is 16.2. The predicted molar refractivity (Wildman–Crippen MR) is 69.7 cm³/mol. The first-order chi connectivity index (χ1) is 8.74. The molecule has 18 heavy (non-hydrogen) atoms. The van der Waals surface area contributed by atoms with Crippen LogP contribution in [0.1, 0.15) is 11.1 Å². The van der Waals surface area contributed by atoms with Crippen molar-refractivity contribution in [1.82, 2.24) is 14.2 Å². The lowest BCUT2D eigenvalue weighted by Gasteiger charge is -2.00. The highest BCUT2D eigenvalue weighted by Crippen LogP contribution is 2.04. The van der Waals surface area contributed by atoms with Crippen LogP contribution in [-0.4, -0.2) is 14.2 Å². The quantitative estimate of drug-likeness (QED) is 0.684. The summed E-state index contributed by atoms with van der Waals surface area (Å²) in [6.07, 6.45) is 1.73. The van der Waals surface area contributed by atoms with Gasteiger partial charge < -0.3 is 0 Å². The van der Waals surface area contributed by atoms with E-state index in [4.69, 9.17) is 0 Å². The molecule has 0 saturated heterocycles. The minimum absolute atomic E-state index is 0.105. The molecule has 90 valence electrons. The topological polar surface area (TPSA) is 39.3 Å². The standard InChI is InChI=1S/C14H13N3O/c1-11-5-7-12(8-6-11)10-17-14(18)16-9-3-2-4-13(16)15-17/h2-9H,10H2,1H3. The van der Waals surface area contributed by atoms with Gasteiger partial charge in [-0.05, 0) is 24.6 Å². The van der Waals surface area contributed by atoms with E-state index in [1.54, 1.807) is 10.6 Å². The van der Waals surface area contributed by atoms with Crippen molar-refractivity contribution in [2.75, 3.05) is 0 Å². The van der Waals surface area contributed by atoms with Crippen LogP contribution in [0.3, 0.4) is 0 Å². The van der Waals surface area contributed by atoms with Gasteiger partial charge in [0.05, 0.1) is 6.54 Å². The van der Waals surface area contributed by atoms with E-state index in [0.717, 1.165) is 5.56 Å². The van der Waals surface area contributed by atoms with Gasteiger partial charge in [0.1, 0.15) is 0 Å². The summed E-state index contributed by atoms with van der Waals surface area (Å²) in [4.78, 5) is 12.1. The van der Waals surface area contributed by atoms with E-state index in [2.05, 4.69) is 5.10 Å². The van der Waals surface area contributed by atoms with E-state index in [-0.39, 0.29) is 5.69 Å². The minimum Gasteiger partial charge on any atom is -0.250 e. The van der Waals surface area contributed by atoms with Gasteiger partial charge in [-0.3, -0.25) is 4.40 Å². The van der Waals surface area contributed by atoms with E-state index < -0.39 is 0 Å². The molecule has 0 saturated carbocycles. The van der Waals surface area contributed by atoms with Crippen LogP contribution >= 0.6 is 0 Å². The summed E-state index contributed by atoms with van der Waals surface area (Å²) >= 11 is 0. The van der Waals surface area contributed by atoms with Gasteiger partial charge >= 0.3 is 5.69 Å². The molecule has 4 heteroatoms. The van der Waals surface area contributed by atoms with Gasteiger partial charge in [0.15, 0.2) is 5.65 Å². The Kier molecular flexibility index (Phi) is 2.48. The van der Waals surface area contributed by atoms with E-state index in [1.165, 1.54) is 10.2 Å². The molecular formula is C14H13N3O. The normalized spacial score (nSPS) is 10.9. The van der Waals surface area contributed by atoms with Crippen LogP contribution in [0, 0.1) is 6.92 Å². The first-order valence-corrected chi connectivity index (χ1v) is 5.84. The fourth-order valence-electron chi connectivity index (χ4n) is 1.94. The number of aryl methyl sites for hydroxylation is 1. The maximum absolute atomic E-state index is 12.1. The summed E-state index contributed by atoms with van der Waals surface area (Å²) in [6, 6.07) is 13.6. The molecule has 0 bridgehead atoms. The number of aromatic nitrogens is 3. The van der Waals surface area contributed by atoms with Crippen molar-refractivity contribution in [2.24, 2.45) is 0 Å². The fraction of sp³-hybridized carbons (Fsp3) is 0.143. The van der Waals surface area contributed by atoms with Crippen LogP contribution in [-0.2, 0) is 6.54 Å². The molecule has 2 aromatic heterocycles. The molecule has 3 rings (SSSR count). The van der Waals surface area contributed by atoms with Gasteiger partial charge in [-0.1, -0.05) is 35.9 Å². The third-order valence-corrected chi connectivity index (χ3v) is 2.94. The molecule has 0 aliphatic rings. The van der Waals surface area contributed by atoms with Crippen LogP contribution in [0.2, 0.25) is 0 Å². The molecule has 0 fully saturated rings. The third kappa shape index (κ3) is 1.82. The minimum atomic E-state index is -0.105. The Morgan fingerprint density at radius 2 is 1.89 bits per heavy atom. The largest absolute Gasteiger partial charge is 0.350 e. The Bertz CT molecular complexity index is 738. The number of pyridine rings is 1. The van der Waals surface area contributed by atoms with Crippen LogP contribution in [0.5, 0.6) is 0 Å². The zero-order valence-electron chi connectivity index (χ0n) is 10.1. The fourth-order valence-corrected chi connectivity index (χ4v) is 1.94. The monoisotopic (exact) mass is 239 g/mol. The first-order valence-electron chi connectivity index (χ1n) is 5.84. The highest BCUT2D eigenvalue weighted by molar-refractivity contribution is 5.35. The summed E-state index contributed by atoms with van der Waals surface area (Å²) in [7, 11) is 0. The molecule has 0 spiro atoms. The Labute approximate surface area is 104 Å². The molecule has 4 nitrogen and oxygen atoms in total. The molecule has 0 atom stereocenters. The van der Waals surface area contributed by atoms with E-state index in [9.17, 15) is 4.79 Å². The summed E-state index contributed by atoms with van der Waals surface area (Å²) in [5.74, 6) is 0. The molecular weight excluding hydrogens is 226 g/mol. The molecule has 0 amide bonds. The molecule has 0 radical (unpaired) electrons. The average molecular weight is 239 g/mol. The summed E-state index contributed by atoms with van der Waals surface area (Å²) in [5.41, 5.74) is 2.85. The van der Waals surface area contributed by atoms with Gasteiger partial charge in [-0.25, -0.2) is 9.48 Å². The number of benzene rings is 1. The first kappa shape index (κ1) is 10.8. The molecule has 0 N–H and O–H groups in total. The Morgan fingerprint density at radius 3 is 2.61 bits per heavy atom. The lowest BCUT2D eigenvalue weighted by Crippen LogP contribution is -2.21. The number of nitrogens with zero attached hydrogens (tertiary/aromatic N) is 3. The molecule has 3 aromatic rings. The zero-order chi connectivity index (χ0) is 12.5. The third-order valence-electron chi connectivity index (χ3n) is 2.94. The Hall–Kier alpha value is -2.36. The summed E-state index contributed by atoms with van der Waals surface area (Å²) in [5, 5.41) is 4.30. The van der Waals surface area contributed by atoms with Crippen molar-refractivity contribution in [1.29, 1.82) is 0 Å². The van der Waals surface area contributed by atoms with E-state index in [0.29, 0.717) is 12.2 Å². The van der Waals surface area contributed by atoms with E-state index in [1.807, 2.05) is 49.4 Å². The molecule has 0 unspecified atom stereocenters. The average Bonchev–Trinajstić information content (AvgIpc) is 2.70. The molecule has 0 aliphatic carbocycles. The second kappa shape index (κ2) is 4.14. The maximum atomic E-state index is 12.1. The maximum Gasteiger partial charge on any atom is 0.350 e. The van der Waals surface area contributed by atoms with Crippen LogP contribution in [0.4, 0.5) is 0 Å². The summed E-state index contributed by atoms with van der Waals surface area (Å²) < 4.78 is 3.04. The van der Waals surface area contributed by atoms with Gasteiger partial charge in [0, 0.05) is 6.20 Å². The number of hydrogen-bond donors (Lipinski definition) is 0. The number of rotatable bonds is 2. The molecule has 0 aliphatic heterocycles.